The zero-order chi connectivity index (χ0) is 14.8. The van der Waals surface area contributed by atoms with Crippen molar-refractivity contribution in [1.29, 1.82) is 0 Å². The molecule has 4 heteroatoms. The number of anilines is 1. The zero-order valence-electron chi connectivity index (χ0n) is 12.4. The number of hydrogen-bond acceptors (Lipinski definition) is 2. The number of carbonyl (C=O) groups is 1. The van der Waals surface area contributed by atoms with Crippen molar-refractivity contribution in [2.75, 3.05) is 18.0 Å². The first-order chi connectivity index (χ1) is 10.1. The van der Waals surface area contributed by atoms with Gasteiger partial charge in [0.05, 0.1) is 0 Å². The highest BCUT2D eigenvalue weighted by molar-refractivity contribution is 5.93. The van der Waals surface area contributed by atoms with Crippen LogP contribution in [-0.2, 0) is 6.54 Å². The number of amides is 2. The molecule has 3 rings (SSSR count). The lowest BCUT2D eigenvalue weighted by Gasteiger charge is -2.18. The lowest BCUT2D eigenvalue weighted by Crippen LogP contribution is -2.32. The molecule has 0 bridgehead atoms. The van der Waals surface area contributed by atoms with Crippen LogP contribution in [0.4, 0.5) is 10.6 Å². The van der Waals surface area contributed by atoms with Crippen molar-refractivity contribution in [2.24, 2.45) is 0 Å². The van der Waals surface area contributed by atoms with Crippen LogP contribution in [0.3, 0.4) is 0 Å². The number of pyridine rings is 1. The molecule has 4 nitrogen and oxygen atoms in total. The van der Waals surface area contributed by atoms with E-state index in [0.717, 1.165) is 29.2 Å². The summed E-state index contributed by atoms with van der Waals surface area (Å²) in [6, 6.07) is 14.1. The van der Waals surface area contributed by atoms with Gasteiger partial charge in [-0.05, 0) is 37.1 Å². The molecule has 0 atom stereocenters. The van der Waals surface area contributed by atoms with Crippen molar-refractivity contribution >= 4 is 11.8 Å². The van der Waals surface area contributed by atoms with E-state index in [-0.39, 0.29) is 6.03 Å². The second-order valence-corrected chi connectivity index (χ2v) is 5.49. The zero-order valence-corrected chi connectivity index (χ0v) is 12.4. The van der Waals surface area contributed by atoms with Gasteiger partial charge in [-0.15, -0.1) is 0 Å². The van der Waals surface area contributed by atoms with Gasteiger partial charge in [-0.25, -0.2) is 9.78 Å². The summed E-state index contributed by atoms with van der Waals surface area (Å²) in [7, 11) is 0. The lowest BCUT2D eigenvalue weighted by atomic mass is 10.2. The van der Waals surface area contributed by atoms with E-state index in [1.807, 2.05) is 61.2 Å². The molecule has 1 aliphatic rings. The van der Waals surface area contributed by atoms with Crippen molar-refractivity contribution in [3.63, 3.8) is 0 Å². The molecule has 1 fully saturated rings. The van der Waals surface area contributed by atoms with Crippen LogP contribution in [0.5, 0.6) is 0 Å². The third kappa shape index (κ3) is 2.89. The summed E-state index contributed by atoms with van der Waals surface area (Å²) in [6.07, 6.45) is 0. The fourth-order valence-electron chi connectivity index (χ4n) is 2.70. The molecule has 2 heterocycles. The molecule has 2 amide bonds. The van der Waals surface area contributed by atoms with Gasteiger partial charge in [0, 0.05) is 25.3 Å². The molecular formula is C17H19N3O. The molecule has 0 N–H and O–H groups in total. The molecule has 0 unspecified atom stereocenters. The first kappa shape index (κ1) is 13.6. The second-order valence-electron chi connectivity index (χ2n) is 5.49. The summed E-state index contributed by atoms with van der Waals surface area (Å²) >= 11 is 0. The fourth-order valence-corrected chi connectivity index (χ4v) is 2.70. The van der Waals surface area contributed by atoms with E-state index in [2.05, 4.69) is 4.98 Å². The normalized spacial score (nSPS) is 14.9. The van der Waals surface area contributed by atoms with Crippen LogP contribution in [-0.4, -0.2) is 29.0 Å². The first-order valence-electron chi connectivity index (χ1n) is 7.19. The van der Waals surface area contributed by atoms with Gasteiger partial charge in [0.25, 0.3) is 0 Å². The standard InChI is InChI=1S/C17H19N3O/c1-13-10-14(2)18-16(11-13)20-9-8-19(17(20)21)12-15-6-4-3-5-7-15/h3-7,10-11H,8-9,12H2,1-2H3. The number of aryl methyl sites for hydroxylation is 2. The summed E-state index contributed by atoms with van der Waals surface area (Å²) in [5.74, 6) is 0.757. The van der Waals surface area contributed by atoms with E-state index in [9.17, 15) is 4.79 Å². The molecule has 0 radical (unpaired) electrons. The third-order valence-electron chi connectivity index (χ3n) is 3.67. The fraction of sp³-hybridized carbons (Fsp3) is 0.294. The SMILES string of the molecule is Cc1cc(C)nc(N2CCN(Cc3ccccc3)C2=O)c1. The Bertz CT molecular complexity index is 634. The molecule has 0 spiro atoms. The number of rotatable bonds is 3. The van der Waals surface area contributed by atoms with Gasteiger partial charge in [-0.1, -0.05) is 30.3 Å². The maximum atomic E-state index is 12.5. The van der Waals surface area contributed by atoms with E-state index in [1.54, 1.807) is 4.90 Å². The summed E-state index contributed by atoms with van der Waals surface area (Å²) in [5.41, 5.74) is 3.23. The van der Waals surface area contributed by atoms with Crippen LogP contribution < -0.4 is 4.90 Å². The largest absolute Gasteiger partial charge is 0.326 e. The van der Waals surface area contributed by atoms with Gasteiger partial charge in [-0.3, -0.25) is 4.90 Å². The van der Waals surface area contributed by atoms with Crippen LogP contribution >= 0.6 is 0 Å². The van der Waals surface area contributed by atoms with Crippen LogP contribution in [0, 0.1) is 13.8 Å². The van der Waals surface area contributed by atoms with E-state index in [4.69, 9.17) is 0 Å². The van der Waals surface area contributed by atoms with Crippen LogP contribution in [0.15, 0.2) is 42.5 Å². The van der Waals surface area contributed by atoms with E-state index in [1.165, 1.54) is 0 Å². The minimum atomic E-state index is 0.0383. The third-order valence-corrected chi connectivity index (χ3v) is 3.67. The number of carbonyl (C=O) groups excluding carboxylic acids is 1. The molecule has 1 aromatic carbocycles. The molecule has 108 valence electrons. The Morgan fingerprint density at radius 2 is 1.86 bits per heavy atom. The van der Waals surface area contributed by atoms with Crippen molar-refractivity contribution in [1.82, 2.24) is 9.88 Å². The highest BCUT2D eigenvalue weighted by Crippen LogP contribution is 2.21. The molecule has 1 aliphatic heterocycles. The highest BCUT2D eigenvalue weighted by atomic mass is 16.2. The maximum absolute atomic E-state index is 12.5. The Morgan fingerprint density at radius 3 is 2.57 bits per heavy atom. The minimum absolute atomic E-state index is 0.0383. The quantitative estimate of drug-likeness (QED) is 0.866. The maximum Gasteiger partial charge on any atom is 0.326 e. The average Bonchev–Trinajstić information content (AvgIpc) is 2.80. The van der Waals surface area contributed by atoms with Crippen LogP contribution in [0.2, 0.25) is 0 Å². The van der Waals surface area contributed by atoms with Gasteiger partial charge in [0.2, 0.25) is 0 Å². The van der Waals surface area contributed by atoms with Crippen molar-refractivity contribution in [3.8, 4) is 0 Å². The number of urea groups is 1. The van der Waals surface area contributed by atoms with Gasteiger partial charge in [-0.2, -0.15) is 0 Å². The molecule has 2 aromatic rings. The Hall–Kier alpha value is -2.36. The highest BCUT2D eigenvalue weighted by Gasteiger charge is 2.30. The summed E-state index contributed by atoms with van der Waals surface area (Å²) in [4.78, 5) is 20.7. The molecular weight excluding hydrogens is 262 g/mol. The Kier molecular flexibility index (Phi) is 3.60. The smallest absolute Gasteiger partial charge is 0.318 e. The van der Waals surface area contributed by atoms with Gasteiger partial charge < -0.3 is 4.90 Å². The van der Waals surface area contributed by atoms with E-state index in [0.29, 0.717) is 13.1 Å². The predicted molar refractivity (Wildman–Crippen MR) is 83.3 cm³/mol. The Balaban J connectivity index is 1.77. The molecule has 1 aromatic heterocycles. The number of aromatic nitrogens is 1. The molecule has 21 heavy (non-hydrogen) atoms. The Morgan fingerprint density at radius 1 is 1.10 bits per heavy atom. The second kappa shape index (κ2) is 5.56. The van der Waals surface area contributed by atoms with Crippen LogP contribution in [0.25, 0.3) is 0 Å². The summed E-state index contributed by atoms with van der Waals surface area (Å²) in [6.45, 7) is 6.07. The monoisotopic (exact) mass is 281 g/mol. The number of hydrogen-bond donors (Lipinski definition) is 0. The molecule has 0 saturated carbocycles. The first-order valence-corrected chi connectivity index (χ1v) is 7.19. The summed E-state index contributed by atoms with van der Waals surface area (Å²) < 4.78 is 0. The Labute approximate surface area is 125 Å². The summed E-state index contributed by atoms with van der Waals surface area (Å²) in [5, 5.41) is 0. The van der Waals surface area contributed by atoms with Gasteiger partial charge in [0.15, 0.2) is 0 Å². The number of nitrogens with zero attached hydrogens (tertiary/aromatic N) is 3. The van der Waals surface area contributed by atoms with Gasteiger partial charge >= 0.3 is 6.03 Å². The minimum Gasteiger partial charge on any atom is -0.318 e. The average molecular weight is 281 g/mol. The van der Waals surface area contributed by atoms with Gasteiger partial charge in [0.1, 0.15) is 5.82 Å². The van der Waals surface area contributed by atoms with Crippen molar-refractivity contribution in [3.05, 3.63) is 59.3 Å². The molecule has 0 aliphatic carbocycles. The van der Waals surface area contributed by atoms with E-state index >= 15 is 0 Å². The predicted octanol–water partition coefficient (Wildman–Crippen LogP) is 3.14. The molecule has 1 saturated heterocycles. The van der Waals surface area contributed by atoms with Crippen molar-refractivity contribution in [2.45, 2.75) is 20.4 Å². The van der Waals surface area contributed by atoms with E-state index < -0.39 is 0 Å². The lowest BCUT2D eigenvalue weighted by molar-refractivity contribution is 0.218. The van der Waals surface area contributed by atoms with Crippen molar-refractivity contribution < 1.29 is 4.79 Å². The number of benzene rings is 1. The van der Waals surface area contributed by atoms with Crippen LogP contribution in [0.1, 0.15) is 16.8 Å². The topological polar surface area (TPSA) is 36.4 Å².